The van der Waals surface area contributed by atoms with Crippen molar-refractivity contribution in [3.8, 4) is 0 Å². The summed E-state index contributed by atoms with van der Waals surface area (Å²) in [5.74, 6) is -0.645. The van der Waals surface area contributed by atoms with Crippen molar-refractivity contribution in [3.63, 3.8) is 0 Å². The molecule has 1 aromatic heterocycles. The Kier molecular flexibility index (Phi) is 7.22. The Morgan fingerprint density at radius 3 is 2.56 bits per heavy atom. The van der Waals surface area contributed by atoms with Crippen molar-refractivity contribution in [1.82, 2.24) is 19.8 Å². The molecule has 0 unspecified atom stereocenters. The molecule has 1 aliphatic heterocycles. The molecular formula is C24H32ClN5O5S. The van der Waals surface area contributed by atoms with Crippen molar-refractivity contribution in [1.29, 1.82) is 0 Å². The van der Waals surface area contributed by atoms with Gasteiger partial charge in [0.2, 0.25) is 0 Å². The lowest BCUT2D eigenvalue weighted by molar-refractivity contribution is 0.0697. The maximum atomic E-state index is 13.6. The number of benzene rings is 1. The normalized spacial score (nSPS) is 18.0. The maximum absolute atomic E-state index is 13.6. The van der Waals surface area contributed by atoms with Crippen molar-refractivity contribution < 1.29 is 23.1 Å². The van der Waals surface area contributed by atoms with Crippen LogP contribution < -0.4 is 11.1 Å². The van der Waals surface area contributed by atoms with E-state index in [1.165, 1.54) is 24.9 Å². The number of nitrogens with two attached hydrogens (primary N) is 1. The lowest BCUT2D eigenvalue weighted by atomic mass is 10.0. The van der Waals surface area contributed by atoms with E-state index in [0.717, 1.165) is 5.56 Å². The minimum absolute atomic E-state index is 0.0379. The van der Waals surface area contributed by atoms with Gasteiger partial charge in [-0.2, -0.15) is 0 Å². The topological polar surface area (TPSA) is 148 Å². The second kappa shape index (κ2) is 9.77. The molecule has 0 bridgehead atoms. The summed E-state index contributed by atoms with van der Waals surface area (Å²) in [5.41, 5.74) is 6.65. The van der Waals surface area contributed by atoms with E-state index in [-0.39, 0.29) is 50.0 Å². The van der Waals surface area contributed by atoms with Crippen LogP contribution >= 0.6 is 11.6 Å². The SMILES string of the molecule is CC(C)([C@H](O)CCN)S(=O)(=O)C1(CN2CCn3c(cnc3C(=O)NCc3ccc(Cl)cc3)C2=O)CC1. The first-order valence-corrected chi connectivity index (χ1v) is 13.8. The largest absolute Gasteiger partial charge is 0.391 e. The van der Waals surface area contributed by atoms with E-state index in [4.69, 9.17) is 17.3 Å². The fraction of sp³-hybridized carbons (Fsp3) is 0.542. The van der Waals surface area contributed by atoms with Gasteiger partial charge in [-0.1, -0.05) is 23.7 Å². The van der Waals surface area contributed by atoms with Gasteiger partial charge in [-0.3, -0.25) is 9.59 Å². The summed E-state index contributed by atoms with van der Waals surface area (Å²) in [6.45, 7) is 4.11. The summed E-state index contributed by atoms with van der Waals surface area (Å²) in [4.78, 5) is 31.7. The van der Waals surface area contributed by atoms with Gasteiger partial charge in [0, 0.05) is 31.2 Å². The van der Waals surface area contributed by atoms with Crippen LogP contribution in [0, 0.1) is 0 Å². The van der Waals surface area contributed by atoms with Crippen LogP contribution in [0.15, 0.2) is 30.5 Å². The first kappa shape index (κ1) is 26.6. The monoisotopic (exact) mass is 537 g/mol. The number of aromatic nitrogens is 2. The molecule has 36 heavy (non-hydrogen) atoms. The molecule has 1 fully saturated rings. The van der Waals surface area contributed by atoms with Crippen LogP contribution in [0.2, 0.25) is 5.02 Å². The number of halogens is 1. The predicted molar refractivity (Wildman–Crippen MR) is 135 cm³/mol. The van der Waals surface area contributed by atoms with Gasteiger partial charge in [-0.15, -0.1) is 0 Å². The van der Waals surface area contributed by atoms with E-state index >= 15 is 0 Å². The highest BCUT2D eigenvalue weighted by Gasteiger charge is 2.62. The van der Waals surface area contributed by atoms with Gasteiger partial charge >= 0.3 is 0 Å². The first-order chi connectivity index (χ1) is 16.9. The highest BCUT2D eigenvalue weighted by atomic mass is 35.5. The molecule has 4 rings (SSSR count). The molecule has 2 aliphatic rings. The van der Waals surface area contributed by atoms with Gasteiger partial charge in [0.25, 0.3) is 11.8 Å². The van der Waals surface area contributed by atoms with Crippen LogP contribution in [0.3, 0.4) is 0 Å². The number of carbonyl (C=O) groups excluding carboxylic acids is 2. The highest BCUT2D eigenvalue weighted by Crippen LogP contribution is 2.50. The molecule has 2 aromatic rings. The minimum atomic E-state index is -3.79. The minimum Gasteiger partial charge on any atom is -0.391 e. The second-order valence-corrected chi connectivity index (χ2v) is 13.4. The zero-order valence-corrected chi connectivity index (χ0v) is 22.0. The van der Waals surface area contributed by atoms with Crippen LogP contribution in [-0.4, -0.2) is 75.0 Å². The molecule has 0 saturated heterocycles. The number of nitrogens with zero attached hydrogens (tertiary/aromatic N) is 3. The zero-order valence-electron chi connectivity index (χ0n) is 20.4. The zero-order chi connectivity index (χ0) is 26.3. The number of amides is 2. The number of imidazole rings is 1. The molecule has 1 saturated carbocycles. The lowest BCUT2D eigenvalue weighted by Crippen LogP contribution is -2.54. The van der Waals surface area contributed by atoms with Crippen molar-refractivity contribution in [2.75, 3.05) is 19.6 Å². The third kappa shape index (κ3) is 4.65. The number of hydrogen-bond acceptors (Lipinski definition) is 7. The van der Waals surface area contributed by atoms with Crippen LogP contribution in [0.5, 0.6) is 0 Å². The Labute approximate surface area is 215 Å². The molecule has 2 heterocycles. The van der Waals surface area contributed by atoms with Crippen molar-refractivity contribution in [2.24, 2.45) is 5.73 Å². The first-order valence-electron chi connectivity index (χ1n) is 11.9. The van der Waals surface area contributed by atoms with Crippen LogP contribution in [0.1, 0.15) is 59.8 Å². The number of carbonyl (C=O) groups is 2. The number of aliphatic hydroxyl groups is 1. The quantitative estimate of drug-likeness (QED) is 0.414. The van der Waals surface area contributed by atoms with E-state index in [2.05, 4.69) is 10.3 Å². The molecule has 1 aromatic carbocycles. The van der Waals surface area contributed by atoms with Gasteiger partial charge in [-0.05, 0) is 57.4 Å². The fourth-order valence-corrected chi connectivity index (χ4v) is 7.38. The van der Waals surface area contributed by atoms with Gasteiger partial charge in [0.05, 0.1) is 21.8 Å². The van der Waals surface area contributed by atoms with E-state index < -0.39 is 31.3 Å². The molecule has 2 amide bonds. The van der Waals surface area contributed by atoms with E-state index in [0.29, 0.717) is 24.4 Å². The average Bonchev–Trinajstić information content (AvgIpc) is 3.50. The Hall–Kier alpha value is -2.47. The van der Waals surface area contributed by atoms with Crippen LogP contribution in [-0.2, 0) is 22.9 Å². The summed E-state index contributed by atoms with van der Waals surface area (Å²) < 4.78 is 26.2. The number of aliphatic hydroxyl groups excluding tert-OH is 1. The maximum Gasteiger partial charge on any atom is 0.287 e. The third-order valence-corrected chi connectivity index (χ3v) is 10.9. The van der Waals surface area contributed by atoms with Gasteiger partial charge in [0.15, 0.2) is 15.7 Å². The molecule has 4 N–H and O–H groups in total. The number of rotatable bonds is 10. The van der Waals surface area contributed by atoms with Crippen molar-refractivity contribution in [2.45, 2.75) is 61.8 Å². The van der Waals surface area contributed by atoms with E-state index in [9.17, 15) is 23.1 Å². The predicted octanol–water partition coefficient (Wildman–Crippen LogP) is 1.36. The van der Waals surface area contributed by atoms with Gasteiger partial charge < -0.3 is 25.6 Å². The van der Waals surface area contributed by atoms with E-state index in [1.54, 1.807) is 16.7 Å². The molecule has 1 aliphatic carbocycles. The number of fused-ring (bicyclic) bond motifs is 1. The Morgan fingerprint density at radius 1 is 1.28 bits per heavy atom. The highest BCUT2D eigenvalue weighted by molar-refractivity contribution is 7.94. The van der Waals surface area contributed by atoms with E-state index in [1.807, 2.05) is 12.1 Å². The summed E-state index contributed by atoms with van der Waals surface area (Å²) in [5, 5.41) is 13.9. The Morgan fingerprint density at radius 2 is 1.94 bits per heavy atom. The summed E-state index contributed by atoms with van der Waals surface area (Å²) in [6.07, 6.45) is 1.28. The molecule has 10 nitrogen and oxygen atoms in total. The number of hydrogen-bond donors (Lipinski definition) is 3. The van der Waals surface area contributed by atoms with Gasteiger partial charge in [0.1, 0.15) is 5.69 Å². The van der Waals surface area contributed by atoms with Crippen molar-refractivity contribution >= 4 is 33.3 Å². The lowest BCUT2D eigenvalue weighted by Gasteiger charge is -2.37. The van der Waals surface area contributed by atoms with Gasteiger partial charge in [-0.25, -0.2) is 13.4 Å². The molecule has 1 atom stereocenters. The van der Waals surface area contributed by atoms with Crippen LogP contribution in [0.25, 0.3) is 0 Å². The second-order valence-electron chi connectivity index (χ2n) is 10.0. The Bertz CT molecular complexity index is 1250. The smallest absolute Gasteiger partial charge is 0.287 e. The number of nitrogens with one attached hydrogen (secondary N) is 1. The number of sulfone groups is 1. The van der Waals surface area contributed by atoms with Crippen LogP contribution in [0.4, 0.5) is 0 Å². The summed E-state index contributed by atoms with van der Waals surface area (Å²) >= 11 is 5.89. The summed E-state index contributed by atoms with van der Waals surface area (Å²) in [6, 6.07) is 7.09. The Balaban J connectivity index is 1.46. The molecular weight excluding hydrogens is 506 g/mol. The average molecular weight is 538 g/mol. The third-order valence-electron chi connectivity index (χ3n) is 7.32. The standard InChI is InChI=1S/C24H32ClN5O5S/c1-23(2,19(31)7-10-26)36(34,35)24(8-9-24)15-29-11-12-30-18(22(29)33)14-27-20(30)21(32)28-13-16-3-5-17(25)6-4-16/h3-6,14,19,31H,7-13,15,26H2,1-2H3,(H,28,32)/t19-/m1/s1. The molecule has 196 valence electrons. The van der Waals surface area contributed by atoms with Crippen molar-refractivity contribution in [3.05, 3.63) is 52.6 Å². The molecule has 12 heteroatoms. The summed E-state index contributed by atoms with van der Waals surface area (Å²) in [7, 11) is -3.79. The fourth-order valence-electron chi connectivity index (χ4n) is 4.69. The molecule has 0 spiro atoms. The molecule has 0 radical (unpaired) electrons.